The number of fused-ring (bicyclic) bond motifs is 1. The van der Waals surface area contributed by atoms with Crippen LogP contribution in [0.2, 0.25) is 5.02 Å². The van der Waals surface area contributed by atoms with E-state index in [0.29, 0.717) is 22.2 Å². The summed E-state index contributed by atoms with van der Waals surface area (Å²) in [5, 5.41) is 16.9. The standard InChI is InChI=1S/C23H16ClN5O2S/c1-14-26-27-23-29(14)28-22(32-23)16-4-8-18(9-5-16)25-21(30)13-11-19-10-12-20(31-19)15-2-6-17(24)7-3-15/h2-13H,1H3,(H,25,30). The predicted octanol–water partition coefficient (Wildman–Crippen LogP) is 5.73. The van der Waals surface area contributed by atoms with Crippen LogP contribution in [-0.2, 0) is 4.79 Å². The largest absolute Gasteiger partial charge is 0.457 e. The van der Waals surface area contributed by atoms with Crippen LogP contribution in [-0.4, -0.2) is 25.7 Å². The Balaban J connectivity index is 1.23. The molecule has 0 bridgehead atoms. The second-order valence-electron chi connectivity index (χ2n) is 6.96. The molecule has 5 rings (SSSR count). The van der Waals surface area contributed by atoms with Crippen molar-refractivity contribution in [3.63, 3.8) is 0 Å². The van der Waals surface area contributed by atoms with E-state index in [9.17, 15) is 4.79 Å². The van der Waals surface area contributed by atoms with Crippen LogP contribution in [0.5, 0.6) is 0 Å². The molecule has 5 aromatic rings. The summed E-state index contributed by atoms with van der Waals surface area (Å²) < 4.78 is 7.49. The molecule has 0 aliphatic rings. The van der Waals surface area contributed by atoms with E-state index in [2.05, 4.69) is 20.6 Å². The molecular formula is C23H16ClN5O2S. The third-order valence-corrected chi connectivity index (χ3v) is 5.90. The van der Waals surface area contributed by atoms with Gasteiger partial charge in [0.1, 0.15) is 16.5 Å². The lowest BCUT2D eigenvalue weighted by Gasteiger charge is -2.03. The van der Waals surface area contributed by atoms with Gasteiger partial charge in [-0.1, -0.05) is 22.9 Å². The summed E-state index contributed by atoms with van der Waals surface area (Å²) in [6.45, 7) is 1.86. The van der Waals surface area contributed by atoms with E-state index in [1.807, 2.05) is 55.5 Å². The molecule has 0 aliphatic carbocycles. The van der Waals surface area contributed by atoms with Gasteiger partial charge in [-0.3, -0.25) is 4.79 Å². The minimum absolute atomic E-state index is 0.253. The molecule has 1 amide bonds. The van der Waals surface area contributed by atoms with Crippen LogP contribution in [0.25, 0.3) is 32.9 Å². The fourth-order valence-electron chi connectivity index (χ4n) is 3.08. The molecule has 3 heterocycles. The van der Waals surface area contributed by atoms with Crippen LogP contribution in [0.4, 0.5) is 5.69 Å². The summed E-state index contributed by atoms with van der Waals surface area (Å²) in [4.78, 5) is 13.0. The van der Waals surface area contributed by atoms with Gasteiger partial charge in [0.05, 0.1) is 0 Å². The number of hydrogen-bond acceptors (Lipinski definition) is 6. The van der Waals surface area contributed by atoms with Gasteiger partial charge in [-0.2, -0.15) is 9.61 Å². The average Bonchev–Trinajstić information content (AvgIpc) is 3.51. The van der Waals surface area contributed by atoms with Crippen molar-refractivity contribution in [2.45, 2.75) is 6.92 Å². The third kappa shape index (κ3) is 4.18. The van der Waals surface area contributed by atoms with Gasteiger partial charge in [-0.15, -0.1) is 10.2 Å². The zero-order valence-corrected chi connectivity index (χ0v) is 18.4. The van der Waals surface area contributed by atoms with E-state index in [1.165, 1.54) is 17.4 Å². The smallest absolute Gasteiger partial charge is 0.248 e. The highest BCUT2D eigenvalue weighted by molar-refractivity contribution is 7.19. The van der Waals surface area contributed by atoms with Crippen LogP contribution in [0, 0.1) is 6.92 Å². The van der Waals surface area contributed by atoms with Gasteiger partial charge in [0.25, 0.3) is 0 Å². The average molecular weight is 462 g/mol. The Kier molecular flexibility index (Phi) is 5.30. The summed E-state index contributed by atoms with van der Waals surface area (Å²) in [7, 11) is 0. The van der Waals surface area contributed by atoms with Gasteiger partial charge in [0.2, 0.25) is 10.9 Å². The molecule has 0 saturated carbocycles. The maximum Gasteiger partial charge on any atom is 0.248 e. The second-order valence-corrected chi connectivity index (χ2v) is 8.35. The summed E-state index contributed by atoms with van der Waals surface area (Å²) >= 11 is 7.38. The molecule has 0 spiro atoms. The molecule has 7 nitrogen and oxygen atoms in total. The molecule has 1 N–H and O–H groups in total. The Morgan fingerprint density at radius 3 is 2.53 bits per heavy atom. The zero-order valence-electron chi connectivity index (χ0n) is 16.8. The number of halogens is 1. The third-order valence-electron chi connectivity index (χ3n) is 4.70. The van der Waals surface area contributed by atoms with Crippen molar-refractivity contribution in [2.75, 3.05) is 5.32 Å². The lowest BCUT2D eigenvalue weighted by Crippen LogP contribution is -2.07. The number of hydrogen-bond donors (Lipinski definition) is 1. The van der Waals surface area contributed by atoms with Gasteiger partial charge in [0.15, 0.2) is 5.82 Å². The minimum atomic E-state index is -0.253. The number of anilines is 1. The Hall–Kier alpha value is -3.75. The fourth-order valence-corrected chi connectivity index (χ4v) is 4.10. The topological polar surface area (TPSA) is 85.3 Å². The van der Waals surface area contributed by atoms with Crippen LogP contribution < -0.4 is 5.32 Å². The van der Waals surface area contributed by atoms with Crippen LogP contribution in [0.3, 0.4) is 0 Å². The fraction of sp³-hybridized carbons (Fsp3) is 0.0435. The molecule has 0 radical (unpaired) electrons. The molecule has 0 saturated heterocycles. The normalized spacial score (nSPS) is 11.4. The highest BCUT2D eigenvalue weighted by Crippen LogP contribution is 2.27. The Labute approximate surface area is 192 Å². The van der Waals surface area contributed by atoms with E-state index in [1.54, 1.807) is 22.7 Å². The first kappa shape index (κ1) is 20.2. The van der Waals surface area contributed by atoms with Crippen molar-refractivity contribution < 1.29 is 9.21 Å². The number of carbonyl (C=O) groups excluding carboxylic acids is 1. The van der Waals surface area contributed by atoms with Crippen molar-refractivity contribution in [1.82, 2.24) is 19.8 Å². The van der Waals surface area contributed by atoms with E-state index >= 15 is 0 Å². The molecule has 9 heteroatoms. The molecule has 3 aromatic heterocycles. The molecular weight excluding hydrogens is 446 g/mol. The lowest BCUT2D eigenvalue weighted by molar-refractivity contribution is -0.111. The number of nitrogens with one attached hydrogen (secondary N) is 1. The summed E-state index contributed by atoms with van der Waals surface area (Å²) in [5.74, 6) is 1.78. The maximum absolute atomic E-state index is 12.3. The van der Waals surface area contributed by atoms with Gasteiger partial charge < -0.3 is 9.73 Å². The van der Waals surface area contributed by atoms with E-state index < -0.39 is 0 Å². The molecule has 0 fully saturated rings. The minimum Gasteiger partial charge on any atom is -0.457 e. The summed E-state index contributed by atoms with van der Waals surface area (Å²) in [6.07, 6.45) is 3.06. The number of aromatic nitrogens is 4. The Bertz CT molecular complexity index is 1430. The quantitative estimate of drug-likeness (QED) is 0.338. The van der Waals surface area contributed by atoms with Crippen molar-refractivity contribution in [1.29, 1.82) is 0 Å². The number of furan rings is 1. The second kappa shape index (κ2) is 8.41. The van der Waals surface area contributed by atoms with Gasteiger partial charge >= 0.3 is 0 Å². The number of rotatable bonds is 5. The number of aryl methyl sites for hydroxylation is 1. The lowest BCUT2D eigenvalue weighted by atomic mass is 10.2. The molecule has 0 aliphatic heterocycles. The first-order chi connectivity index (χ1) is 15.5. The molecule has 0 unspecified atom stereocenters. The Morgan fingerprint density at radius 2 is 1.78 bits per heavy atom. The van der Waals surface area contributed by atoms with Crippen LogP contribution in [0.15, 0.2) is 71.2 Å². The van der Waals surface area contributed by atoms with E-state index in [0.717, 1.165) is 26.9 Å². The van der Waals surface area contributed by atoms with Crippen molar-refractivity contribution in [3.05, 3.63) is 83.3 Å². The van der Waals surface area contributed by atoms with E-state index in [4.69, 9.17) is 16.0 Å². The highest BCUT2D eigenvalue weighted by Gasteiger charge is 2.10. The highest BCUT2D eigenvalue weighted by atomic mass is 35.5. The van der Waals surface area contributed by atoms with Crippen LogP contribution in [0.1, 0.15) is 11.6 Å². The first-order valence-electron chi connectivity index (χ1n) is 9.69. The van der Waals surface area contributed by atoms with Gasteiger partial charge in [-0.25, -0.2) is 0 Å². The summed E-state index contributed by atoms with van der Waals surface area (Å²) in [6, 6.07) is 18.5. The number of nitrogens with zero attached hydrogens (tertiary/aromatic N) is 4. The SMILES string of the molecule is Cc1nnc2sc(-c3ccc(NC(=O)C=Cc4ccc(-c5ccc(Cl)cc5)o4)cc3)nn12. The monoisotopic (exact) mass is 461 g/mol. The predicted molar refractivity (Wildman–Crippen MR) is 126 cm³/mol. The molecule has 0 atom stereocenters. The maximum atomic E-state index is 12.3. The van der Waals surface area contributed by atoms with Gasteiger partial charge in [-0.05, 0) is 73.7 Å². The van der Waals surface area contributed by atoms with Crippen molar-refractivity contribution in [2.24, 2.45) is 0 Å². The van der Waals surface area contributed by atoms with Gasteiger partial charge in [0, 0.05) is 27.9 Å². The zero-order chi connectivity index (χ0) is 22.1. The summed E-state index contributed by atoms with van der Waals surface area (Å²) in [5.41, 5.74) is 2.54. The van der Waals surface area contributed by atoms with E-state index in [-0.39, 0.29) is 5.91 Å². The number of amides is 1. The van der Waals surface area contributed by atoms with Crippen molar-refractivity contribution in [3.8, 4) is 21.9 Å². The molecule has 32 heavy (non-hydrogen) atoms. The molecule has 158 valence electrons. The number of benzene rings is 2. The molecule has 2 aromatic carbocycles. The van der Waals surface area contributed by atoms with Crippen molar-refractivity contribution >= 4 is 45.6 Å². The number of carbonyl (C=O) groups is 1. The Morgan fingerprint density at radius 1 is 1.03 bits per heavy atom. The first-order valence-corrected chi connectivity index (χ1v) is 10.9. The van der Waals surface area contributed by atoms with Crippen LogP contribution >= 0.6 is 22.9 Å².